The summed E-state index contributed by atoms with van der Waals surface area (Å²) in [5.41, 5.74) is 4.15. The van der Waals surface area contributed by atoms with Crippen LogP contribution in [0.3, 0.4) is 0 Å². The molecule has 3 heteroatoms. The van der Waals surface area contributed by atoms with Gasteiger partial charge in [0.1, 0.15) is 11.8 Å². The fourth-order valence-corrected chi connectivity index (χ4v) is 2.74. The minimum atomic E-state index is 0.683. The molecule has 0 N–H and O–H groups in total. The molecule has 0 atom stereocenters. The summed E-state index contributed by atoms with van der Waals surface area (Å²) < 4.78 is 5.30. The van der Waals surface area contributed by atoms with Gasteiger partial charge in [-0.1, -0.05) is 18.2 Å². The van der Waals surface area contributed by atoms with Crippen LogP contribution in [0, 0.1) is 11.3 Å². The van der Waals surface area contributed by atoms with Crippen molar-refractivity contribution in [2.45, 2.75) is 12.8 Å². The highest BCUT2D eigenvalue weighted by Gasteiger charge is 2.20. The number of ether oxygens (including phenoxy) is 1. The summed E-state index contributed by atoms with van der Waals surface area (Å²) in [6.45, 7) is 0.929. The van der Waals surface area contributed by atoms with Crippen LogP contribution in [0.1, 0.15) is 17.5 Å². The number of anilines is 2. The minimum absolute atomic E-state index is 0.683. The molecule has 1 heterocycles. The standard InChI is InChI=1S/C17H16N2O/c1-20-15-9-8-14(12-18)17(11-15)19-10-4-6-13-5-2-3-7-16(13)19/h2-3,5,7-9,11H,4,6,10H2,1H3. The number of hydrogen-bond donors (Lipinski definition) is 0. The van der Waals surface area contributed by atoms with Crippen molar-refractivity contribution in [1.29, 1.82) is 5.26 Å². The highest BCUT2D eigenvalue weighted by Crippen LogP contribution is 2.36. The first-order valence-electron chi connectivity index (χ1n) is 6.77. The molecule has 0 fully saturated rings. The van der Waals surface area contributed by atoms with Crippen LogP contribution >= 0.6 is 0 Å². The molecule has 2 aromatic carbocycles. The average Bonchev–Trinajstić information content (AvgIpc) is 2.53. The third-order valence-corrected chi connectivity index (χ3v) is 3.73. The Kier molecular flexibility index (Phi) is 3.30. The first-order chi connectivity index (χ1) is 9.83. The summed E-state index contributed by atoms with van der Waals surface area (Å²) in [4.78, 5) is 2.22. The van der Waals surface area contributed by atoms with E-state index in [1.807, 2.05) is 24.3 Å². The van der Waals surface area contributed by atoms with Crippen molar-refractivity contribution in [3.05, 3.63) is 53.6 Å². The number of para-hydroxylation sites is 1. The van der Waals surface area contributed by atoms with Crippen molar-refractivity contribution in [2.75, 3.05) is 18.6 Å². The molecule has 100 valence electrons. The van der Waals surface area contributed by atoms with Gasteiger partial charge in [0, 0.05) is 18.3 Å². The van der Waals surface area contributed by atoms with Crippen LogP contribution in [0.15, 0.2) is 42.5 Å². The quantitative estimate of drug-likeness (QED) is 0.830. The third-order valence-electron chi connectivity index (χ3n) is 3.73. The lowest BCUT2D eigenvalue weighted by atomic mass is 10.00. The highest BCUT2D eigenvalue weighted by atomic mass is 16.5. The topological polar surface area (TPSA) is 36.3 Å². The van der Waals surface area contributed by atoms with Crippen molar-refractivity contribution in [2.24, 2.45) is 0 Å². The van der Waals surface area contributed by atoms with Gasteiger partial charge in [-0.25, -0.2) is 0 Å². The van der Waals surface area contributed by atoms with E-state index < -0.39 is 0 Å². The lowest BCUT2D eigenvalue weighted by Crippen LogP contribution is -2.25. The summed E-state index contributed by atoms with van der Waals surface area (Å²) in [6, 6.07) is 16.3. The lowest BCUT2D eigenvalue weighted by Gasteiger charge is -2.32. The van der Waals surface area contributed by atoms with E-state index in [0.29, 0.717) is 5.56 Å². The first kappa shape index (κ1) is 12.6. The Bertz CT molecular complexity index is 673. The SMILES string of the molecule is COc1ccc(C#N)c(N2CCCc3ccccc32)c1. The molecule has 20 heavy (non-hydrogen) atoms. The second kappa shape index (κ2) is 5.26. The van der Waals surface area contributed by atoms with Crippen LogP contribution in [0.5, 0.6) is 5.75 Å². The maximum absolute atomic E-state index is 9.34. The Hall–Kier alpha value is -2.47. The molecule has 3 nitrogen and oxygen atoms in total. The van der Waals surface area contributed by atoms with Crippen molar-refractivity contribution >= 4 is 11.4 Å². The van der Waals surface area contributed by atoms with E-state index in [1.165, 1.54) is 11.3 Å². The zero-order valence-electron chi connectivity index (χ0n) is 11.5. The van der Waals surface area contributed by atoms with Crippen LogP contribution in [-0.4, -0.2) is 13.7 Å². The van der Waals surface area contributed by atoms with Crippen LogP contribution in [0.25, 0.3) is 0 Å². The minimum Gasteiger partial charge on any atom is -0.497 e. The molecule has 0 amide bonds. The fourth-order valence-electron chi connectivity index (χ4n) is 2.74. The summed E-state index contributed by atoms with van der Waals surface area (Å²) in [5.74, 6) is 0.780. The molecule has 1 aliphatic rings. The number of hydrogen-bond acceptors (Lipinski definition) is 3. The molecule has 0 spiro atoms. The monoisotopic (exact) mass is 264 g/mol. The van der Waals surface area contributed by atoms with E-state index >= 15 is 0 Å². The van der Waals surface area contributed by atoms with Gasteiger partial charge in [0.2, 0.25) is 0 Å². The average molecular weight is 264 g/mol. The van der Waals surface area contributed by atoms with Crippen molar-refractivity contribution in [3.8, 4) is 11.8 Å². The normalized spacial score (nSPS) is 13.5. The summed E-state index contributed by atoms with van der Waals surface area (Å²) in [7, 11) is 1.65. The van der Waals surface area contributed by atoms with Gasteiger partial charge in [-0.15, -0.1) is 0 Å². The van der Waals surface area contributed by atoms with Gasteiger partial charge in [0.25, 0.3) is 0 Å². The number of nitrogens with zero attached hydrogens (tertiary/aromatic N) is 2. The highest BCUT2D eigenvalue weighted by molar-refractivity contribution is 5.73. The van der Waals surface area contributed by atoms with Gasteiger partial charge in [0.05, 0.1) is 18.4 Å². The predicted molar refractivity (Wildman–Crippen MR) is 79.5 cm³/mol. The second-order valence-corrected chi connectivity index (χ2v) is 4.88. The van der Waals surface area contributed by atoms with Crippen molar-refractivity contribution < 1.29 is 4.74 Å². The maximum atomic E-state index is 9.34. The molecule has 0 aromatic heterocycles. The van der Waals surface area contributed by atoms with Gasteiger partial charge in [0.15, 0.2) is 0 Å². The first-order valence-corrected chi connectivity index (χ1v) is 6.77. The molecule has 0 saturated heterocycles. The summed E-state index contributed by atoms with van der Waals surface area (Å²) in [5, 5.41) is 9.34. The molecule has 0 aliphatic carbocycles. The van der Waals surface area contributed by atoms with E-state index in [4.69, 9.17) is 4.74 Å². The number of nitriles is 1. The molecule has 1 aliphatic heterocycles. The molecule has 3 rings (SSSR count). The van der Waals surface area contributed by atoms with Crippen molar-refractivity contribution in [3.63, 3.8) is 0 Å². The molecule has 0 saturated carbocycles. The Balaban J connectivity index is 2.12. The van der Waals surface area contributed by atoms with Crippen molar-refractivity contribution in [1.82, 2.24) is 0 Å². The number of methoxy groups -OCH3 is 1. The molecular formula is C17H16N2O. The van der Waals surface area contributed by atoms with E-state index in [2.05, 4.69) is 29.2 Å². The molecule has 2 aromatic rings. The zero-order valence-corrected chi connectivity index (χ0v) is 11.5. The number of rotatable bonds is 2. The zero-order chi connectivity index (χ0) is 13.9. The molecule has 0 bridgehead atoms. The summed E-state index contributed by atoms with van der Waals surface area (Å²) in [6.07, 6.45) is 2.19. The van der Waals surface area contributed by atoms with E-state index in [9.17, 15) is 5.26 Å². The molecule has 0 radical (unpaired) electrons. The predicted octanol–water partition coefficient (Wildman–Crippen LogP) is 3.65. The fraction of sp³-hybridized carbons (Fsp3) is 0.235. The van der Waals surface area contributed by atoms with Gasteiger partial charge in [-0.2, -0.15) is 5.26 Å². The Labute approximate surface area is 119 Å². The van der Waals surface area contributed by atoms with E-state index in [1.54, 1.807) is 7.11 Å². The van der Waals surface area contributed by atoms with Crippen LogP contribution in [0.4, 0.5) is 11.4 Å². The molecule has 0 unspecified atom stereocenters. The van der Waals surface area contributed by atoms with Gasteiger partial charge in [-0.3, -0.25) is 0 Å². The largest absolute Gasteiger partial charge is 0.497 e. The second-order valence-electron chi connectivity index (χ2n) is 4.88. The third kappa shape index (κ3) is 2.10. The summed E-state index contributed by atoms with van der Waals surface area (Å²) >= 11 is 0. The number of fused-ring (bicyclic) bond motifs is 1. The Morgan fingerprint density at radius 3 is 2.80 bits per heavy atom. The van der Waals surface area contributed by atoms with Gasteiger partial charge >= 0.3 is 0 Å². The smallest absolute Gasteiger partial charge is 0.121 e. The Morgan fingerprint density at radius 1 is 1.15 bits per heavy atom. The van der Waals surface area contributed by atoms with Crippen LogP contribution in [0.2, 0.25) is 0 Å². The lowest BCUT2D eigenvalue weighted by molar-refractivity contribution is 0.415. The van der Waals surface area contributed by atoms with E-state index in [-0.39, 0.29) is 0 Å². The Morgan fingerprint density at radius 2 is 2.00 bits per heavy atom. The van der Waals surface area contributed by atoms with Crippen LogP contribution in [-0.2, 0) is 6.42 Å². The maximum Gasteiger partial charge on any atom is 0.121 e. The van der Waals surface area contributed by atoms with Crippen LogP contribution < -0.4 is 9.64 Å². The van der Waals surface area contributed by atoms with Gasteiger partial charge < -0.3 is 9.64 Å². The molecular weight excluding hydrogens is 248 g/mol. The van der Waals surface area contributed by atoms with Gasteiger partial charge in [-0.05, 0) is 36.6 Å². The van der Waals surface area contributed by atoms with E-state index in [0.717, 1.165) is 30.8 Å². The number of benzene rings is 2. The number of aryl methyl sites for hydroxylation is 1.